The van der Waals surface area contributed by atoms with E-state index in [0.29, 0.717) is 0 Å². The fourth-order valence-corrected chi connectivity index (χ4v) is 0.151. The monoisotopic (exact) mass is 136 g/mol. The van der Waals surface area contributed by atoms with E-state index in [1.54, 1.807) is 0 Å². The van der Waals surface area contributed by atoms with E-state index in [0.717, 1.165) is 0 Å². The molecular formula is C4H9O3P. The second kappa shape index (κ2) is 4.72. The summed E-state index contributed by atoms with van der Waals surface area (Å²) in [6.45, 7) is 1.51. The average Bonchev–Trinajstić information content (AvgIpc) is 1.65. The van der Waals surface area contributed by atoms with Gasteiger partial charge in [0, 0.05) is 6.42 Å². The summed E-state index contributed by atoms with van der Waals surface area (Å²) in [7, 11) is 0. The maximum atomic E-state index is 9.91. The van der Waals surface area contributed by atoms with Gasteiger partial charge in [-0.15, -0.1) is 0 Å². The lowest BCUT2D eigenvalue weighted by molar-refractivity contribution is -0.148. The quantitative estimate of drug-likeness (QED) is 0.433. The molecule has 0 bridgehead atoms. The summed E-state index contributed by atoms with van der Waals surface area (Å²) in [5, 5.41) is 7.83. The van der Waals surface area contributed by atoms with Gasteiger partial charge in [0.1, 0.15) is 0 Å². The normalized spacial score (nSPS) is 7.12. The molecular weight excluding hydrogens is 127 g/mol. The minimum absolute atomic E-state index is 0. The number of Topliss-reactive ketones (excluding diaryl/α,β-unsaturated/α-hetero) is 1. The maximum Gasteiger partial charge on any atom is 0.372 e. The topological polar surface area (TPSA) is 54.4 Å². The lowest BCUT2D eigenvalue weighted by atomic mass is 10.3. The summed E-state index contributed by atoms with van der Waals surface area (Å²) < 4.78 is 0. The van der Waals surface area contributed by atoms with Crippen LogP contribution in [0.5, 0.6) is 0 Å². The second-order valence-corrected chi connectivity index (χ2v) is 1.08. The van der Waals surface area contributed by atoms with Crippen LogP contribution in [0.2, 0.25) is 0 Å². The first-order chi connectivity index (χ1) is 3.18. The van der Waals surface area contributed by atoms with Crippen molar-refractivity contribution in [2.45, 2.75) is 13.3 Å². The van der Waals surface area contributed by atoms with Crippen LogP contribution in [-0.4, -0.2) is 16.9 Å². The fourth-order valence-electron chi connectivity index (χ4n) is 0.151. The third-order valence-corrected chi connectivity index (χ3v) is 0.560. The zero-order valence-electron chi connectivity index (χ0n) is 4.68. The fraction of sp³-hybridized carbons (Fsp3) is 0.500. The van der Waals surface area contributed by atoms with Crippen LogP contribution < -0.4 is 0 Å². The largest absolute Gasteiger partial charge is 0.476 e. The number of carboxylic acid groups (broad SMARTS) is 1. The summed E-state index contributed by atoms with van der Waals surface area (Å²) in [6.07, 6.45) is 0.0787. The molecule has 4 heteroatoms. The van der Waals surface area contributed by atoms with Gasteiger partial charge in [-0.25, -0.2) is 4.79 Å². The van der Waals surface area contributed by atoms with Crippen molar-refractivity contribution in [3.8, 4) is 0 Å². The minimum atomic E-state index is -1.34. The van der Waals surface area contributed by atoms with E-state index in [1.165, 1.54) is 6.92 Å². The van der Waals surface area contributed by atoms with Crippen LogP contribution in [0.4, 0.5) is 0 Å². The second-order valence-electron chi connectivity index (χ2n) is 1.08. The van der Waals surface area contributed by atoms with Gasteiger partial charge in [-0.05, 0) is 0 Å². The minimum Gasteiger partial charge on any atom is -0.476 e. The Morgan fingerprint density at radius 1 is 1.50 bits per heavy atom. The Kier molecular flexibility index (Phi) is 6.22. The zero-order chi connectivity index (χ0) is 5.86. The van der Waals surface area contributed by atoms with Crippen molar-refractivity contribution >= 4 is 21.7 Å². The average molecular weight is 136 g/mol. The standard InChI is InChI=1S/C4H6O3.H3P/c1-2-3(5)4(6)7;/h2H2,1H3,(H,6,7);1H3. The van der Waals surface area contributed by atoms with Crippen molar-refractivity contribution in [2.24, 2.45) is 0 Å². The summed E-state index contributed by atoms with van der Waals surface area (Å²) in [5.74, 6) is -2.08. The predicted molar refractivity (Wildman–Crippen MR) is 34.0 cm³/mol. The zero-order valence-corrected chi connectivity index (χ0v) is 6.09. The number of hydrogen-bond acceptors (Lipinski definition) is 2. The Morgan fingerprint density at radius 2 is 1.88 bits per heavy atom. The molecule has 0 aromatic rings. The number of carboxylic acids is 1. The molecule has 0 saturated carbocycles. The van der Waals surface area contributed by atoms with Gasteiger partial charge >= 0.3 is 5.97 Å². The van der Waals surface area contributed by atoms with Crippen molar-refractivity contribution < 1.29 is 14.7 Å². The van der Waals surface area contributed by atoms with Crippen LogP contribution in [0.15, 0.2) is 0 Å². The number of carbonyl (C=O) groups excluding carboxylic acids is 1. The van der Waals surface area contributed by atoms with E-state index >= 15 is 0 Å². The first kappa shape index (κ1) is 10.5. The summed E-state index contributed by atoms with van der Waals surface area (Å²) >= 11 is 0. The van der Waals surface area contributed by atoms with E-state index in [9.17, 15) is 9.59 Å². The highest BCUT2D eigenvalue weighted by atomic mass is 31.0. The van der Waals surface area contributed by atoms with E-state index in [2.05, 4.69) is 0 Å². The Bertz CT molecular complexity index is 99.5. The molecule has 0 aliphatic heterocycles. The lowest BCUT2D eigenvalue weighted by Gasteiger charge is -1.80. The van der Waals surface area contributed by atoms with Crippen molar-refractivity contribution in [1.82, 2.24) is 0 Å². The third-order valence-electron chi connectivity index (χ3n) is 0.560. The Labute approximate surface area is 50.7 Å². The van der Waals surface area contributed by atoms with Crippen molar-refractivity contribution in [3.05, 3.63) is 0 Å². The summed E-state index contributed by atoms with van der Waals surface area (Å²) in [6, 6.07) is 0. The summed E-state index contributed by atoms with van der Waals surface area (Å²) in [4.78, 5) is 19.5. The van der Waals surface area contributed by atoms with E-state index in [1.807, 2.05) is 0 Å². The predicted octanol–water partition coefficient (Wildman–Crippen LogP) is 0.108. The molecule has 0 aliphatic carbocycles. The van der Waals surface area contributed by atoms with Gasteiger partial charge < -0.3 is 5.11 Å². The Morgan fingerprint density at radius 3 is 1.88 bits per heavy atom. The lowest BCUT2D eigenvalue weighted by Crippen LogP contribution is -2.09. The van der Waals surface area contributed by atoms with Crippen LogP contribution in [0, 0.1) is 0 Å². The molecule has 0 saturated heterocycles. The molecule has 0 spiro atoms. The number of ketones is 1. The van der Waals surface area contributed by atoms with Gasteiger partial charge in [0.25, 0.3) is 0 Å². The molecule has 1 unspecified atom stereocenters. The van der Waals surface area contributed by atoms with Gasteiger partial charge in [-0.2, -0.15) is 9.90 Å². The van der Waals surface area contributed by atoms with Crippen LogP contribution in [0.1, 0.15) is 13.3 Å². The first-order valence-corrected chi connectivity index (χ1v) is 1.94. The number of carbonyl (C=O) groups is 2. The SMILES string of the molecule is CCC(=O)C(=O)O.P. The highest BCUT2D eigenvalue weighted by molar-refractivity contribution is 6.92. The Balaban J connectivity index is 0. The molecule has 8 heavy (non-hydrogen) atoms. The summed E-state index contributed by atoms with van der Waals surface area (Å²) in [5.41, 5.74) is 0. The van der Waals surface area contributed by atoms with Gasteiger partial charge in [-0.3, -0.25) is 4.79 Å². The van der Waals surface area contributed by atoms with Gasteiger partial charge in [-0.1, -0.05) is 6.92 Å². The number of hydrogen-bond donors (Lipinski definition) is 1. The molecule has 0 aromatic carbocycles. The molecule has 48 valence electrons. The van der Waals surface area contributed by atoms with Crippen LogP contribution >= 0.6 is 9.90 Å². The molecule has 0 fully saturated rings. The van der Waals surface area contributed by atoms with Crippen molar-refractivity contribution in [1.29, 1.82) is 0 Å². The highest BCUT2D eigenvalue weighted by Crippen LogP contribution is 1.76. The maximum absolute atomic E-state index is 9.91. The number of aliphatic carboxylic acids is 1. The van der Waals surface area contributed by atoms with Gasteiger partial charge in [0.2, 0.25) is 5.78 Å². The molecule has 1 N–H and O–H groups in total. The van der Waals surface area contributed by atoms with Gasteiger partial charge in [0.05, 0.1) is 0 Å². The van der Waals surface area contributed by atoms with Gasteiger partial charge in [0.15, 0.2) is 0 Å². The van der Waals surface area contributed by atoms with Crippen LogP contribution in [-0.2, 0) is 9.59 Å². The van der Waals surface area contributed by atoms with Crippen LogP contribution in [0.25, 0.3) is 0 Å². The van der Waals surface area contributed by atoms with Crippen molar-refractivity contribution in [3.63, 3.8) is 0 Å². The molecule has 1 atom stereocenters. The molecule has 0 amide bonds. The molecule has 3 nitrogen and oxygen atoms in total. The molecule has 0 radical (unpaired) electrons. The highest BCUT2D eigenvalue weighted by Gasteiger charge is 2.05. The van der Waals surface area contributed by atoms with Crippen LogP contribution in [0.3, 0.4) is 0 Å². The number of rotatable bonds is 2. The molecule has 0 aromatic heterocycles. The first-order valence-electron chi connectivity index (χ1n) is 1.94. The Hall–Kier alpha value is -0.430. The van der Waals surface area contributed by atoms with Crippen molar-refractivity contribution in [2.75, 3.05) is 0 Å². The third kappa shape index (κ3) is 3.75. The molecule has 0 rings (SSSR count). The molecule has 0 heterocycles. The van der Waals surface area contributed by atoms with E-state index < -0.39 is 11.8 Å². The van der Waals surface area contributed by atoms with E-state index in [-0.39, 0.29) is 16.3 Å². The molecule has 0 aliphatic rings. The van der Waals surface area contributed by atoms with E-state index in [4.69, 9.17) is 5.11 Å². The smallest absolute Gasteiger partial charge is 0.372 e.